The van der Waals surface area contributed by atoms with E-state index in [2.05, 4.69) is 22.8 Å². The second-order valence-corrected chi connectivity index (χ2v) is 4.78. The molecule has 3 rings (SSSR count). The lowest BCUT2D eigenvalue weighted by atomic mass is 9.89. The first kappa shape index (κ1) is 10.2. The van der Waals surface area contributed by atoms with Gasteiger partial charge in [-0.05, 0) is 24.6 Å². The molecule has 2 aliphatic heterocycles. The van der Waals surface area contributed by atoms with E-state index in [1.807, 2.05) is 12.1 Å². The summed E-state index contributed by atoms with van der Waals surface area (Å²) in [5, 5.41) is 7.62. The van der Waals surface area contributed by atoms with Crippen LogP contribution in [0.25, 0.3) is 0 Å². The van der Waals surface area contributed by atoms with Crippen LogP contribution in [0.1, 0.15) is 17.9 Å². The Morgan fingerprint density at radius 1 is 1.31 bits per heavy atom. The van der Waals surface area contributed by atoms with Crippen molar-refractivity contribution in [1.82, 2.24) is 5.32 Å². The zero-order valence-corrected chi connectivity index (χ0v) is 9.85. The molecule has 1 unspecified atom stereocenters. The third-order valence-electron chi connectivity index (χ3n) is 3.45. The molecule has 0 saturated carbocycles. The topological polar surface area (TPSA) is 24.1 Å². The predicted octanol–water partition coefficient (Wildman–Crippen LogP) is 2.77. The van der Waals surface area contributed by atoms with Crippen molar-refractivity contribution in [2.24, 2.45) is 0 Å². The summed E-state index contributed by atoms with van der Waals surface area (Å²) in [6.07, 6.45) is 3.48. The Morgan fingerprint density at radius 2 is 2.25 bits per heavy atom. The van der Waals surface area contributed by atoms with Gasteiger partial charge in [0, 0.05) is 19.0 Å². The second kappa shape index (κ2) is 4.11. The highest BCUT2D eigenvalue weighted by atomic mass is 35.5. The zero-order chi connectivity index (χ0) is 11.0. The van der Waals surface area contributed by atoms with Crippen LogP contribution in [-0.2, 0) is 0 Å². The van der Waals surface area contributed by atoms with Crippen molar-refractivity contribution in [3.8, 4) is 0 Å². The summed E-state index contributed by atoms with van der Waals surface area (Å²) >= 11 is 6.18. The highest BCUT2D eigenvalue weighted by Gasteiger charge is 2.26. The Kier molecular flexibility index (Phi) is 2.62. The van der Waals surface area contributed by atoms with E-state index in [0.717, 1.165) is 36.8 Å². The molecule has 0 saturated heterocycles. The molecule has 1 atom stereocenters. The summed E-state index contributed by atoms with van der Waals surface area (Å²) < 4.78 is 0. The summed E-state index contributed by atoms with van der Waals surface area (Å²) in [7, 11) is 0. The van der Waals surface area contributed by atoms with Crippen LogP contribution >= 0.6 is 11.6 Å². The molecule has 2 aliphatic rings. The first-order valence-electron chi connectivity index (χ1n) is 5.78. The largest absolute Gasteiger partial charge is 0.383 e. The normalized spacial score (nSPS) is 23.6. The molecular formula is C13H15ClN2. The smallest absolute Gasteiger partial charge is 0.0640 e. The van der Waals surface area contributed by atoms with Gasteiger partial charge in [0.05, 0.1) is 10.7 Å². The molecule has 2 nitrogen and oxygen atoms in total. The quantitative estimate of drug-likeness (QED) is 0.731. The maximum absolute atomic E-state index is 6.18. The van der Waals surface area contributed by atoms with Crippen molar-refractivity contribution >= 4 is 17.3 Å². The van der Waals surface area contributed by atoms with E-state index in [9.17, 15) is 0 Å². The molecule has 84 valence electrons. The van der Waals surface area contributed by atoms with Gasteiger partial charge >= 0.3 is 0 Å². The monoisotopic (exact) mass is 234 g/mol. The first-order valence-corrected chi connectivity index (χ1v) is 6.16. The van der Waals surface area contributed by atoms with E-state index in [1.165, 1.54) is 5.56 Å². The fraction of sp³-hybridized carbons (Fsp3) is 0.385. The summed E-state index contributed by atoms with van der Waals surface area (Å²) in [5.74, 6) is 0.524. The minimum Gasteiger partial charge on any atom is -0.383 e. The molecule has 1 aromatic rings. The average molecular weight is 235 g/mol. The van der Waals surface area contributed by atoms with Gasteiger partial charge in [-0.25, -0.2) is 0 Å². The van der Waals surface area contributed by atoms with Crippen molar-refractivity contribution in [2.45, 2.75) is 12.3 Å². The van der Waals surface area contributed by atoms with Crippen LogP contribution in [0.2, 0.25) is 5.02 Å². The van der Waals surface area contributed by atoms with Crippen molar-refractivity contribution in [1.29, 1.82) is 0 Å². The fourth-order valence-corrected chi connectivity index (χ4v) is 2.87. The molecule has 2 heterocycles. The number of hydrogen-bond donors (Lipinski definition) is 2. The minimum atomic E-state index is 0.524. The third-order valence-corrected chi connectivity index (χ3v) is 3.77. The van der Waals surface area contributed by atoms with E-state index in [1.54, 1.807) is 5.57 Å². The van der Waals surface area contributed by atoms with Gasteiger partial charge < -0.3 is 10.6 Å². The third kappa shape index (κ3) is 1.62. The number of fused-ring (bicyclic) bond motifs is 1. The highest BCUT2D eigenvalue weighted by Crippen LogP contribution is 2.41. The van der Waals surface area contributed by atoms with Gasteiger partial charge in [-0.2, -0.15) is 0 Å². The highest BCUT2D eigenvalue weighted by molar-refractivity contribution is 6.33. The molecule has 0 spiro atoms. The molecule has 0 bridgehead atoms. The maximum atomic E-state index is 6.18. The lowest BCUT2D eigenvalue weighted by Crippen LogP contribution is -2.23. The lowest BCUT2D eigenvalue weighted by Gasteiger charge is -2.19. The van der Waals surface area contributed by atoms with Crippen LogP contribution in [0.5, 0.6) is 0 Å². The first-order chi connectivity index (χ1) is 7.86. The van der Waals surface area contributed by atoms with Gasteiger partial charge in [-0.3, -0.25) is 0 Å². The fourth-order valence-electron chi connectivity index (χ4n) is 2.62. The van der Waals surface area contributed by atoms with Crippen molar-refractivity contribution < 1.29 is 0 Å². The SMILES string of the molecule is Clc1cccc2c1NCC2C1=CCNCC1. The van der Waals surface area contributed by atoms with E-state index < -0.39 is 0 Å². The molecular weight excluding hydrogens is 220 g/mol. The van der Waals surface area contributed by atoms with E-state index in [-0.39, 0.29) is 0 Å². The van der Waals surface area contributed by atoms with Gasteiger partial charge in [0.1, 0.15) is 0 Å². The number of para-hydroxylation sites is 1. The number of nitrogens with one attached hydrogen (secondary N) is 2. The average Bonchev–Trinajstić information content (AvgIpc) is 2.75. The standard InChI is InChI=1S/C13H15ClN2/c14-12-3-1-2-10-11(8-16-13(10)12)9-4-6-15-7-5-9/h1-4,11,15-16H,5-8H2. The van der Waals surface area contributed by atoms with Crippen LogP contribution < -0.4 is 10.6 Å². The molecule has 0 aromatic heterocycles. The number of rotatable bonds is 1. The van der Waals surface area contributed by atoms with Crippen LogP contribution in [0.15, 0.2) is 29.8 Å². The Hall–Kier alpha value is -0.990. The summed E-state index contributed by atoms with van der Waals surface area (Å²) in [6, 6.07) is 6.18. The lowest BCUT2D eigenvalue weighted by molar-refractivity contribution is 0.662. The van der Waals surface area contributed by atoms with Gasteiger partial charge in [-0.15, -0.1) is 0 Å². The van der Waals surface area contributed by atoms with Gasteiger partial charge in [0.15, 0.2) is 0 Å². The number of benzene rings is 1. The number of halogens is 1. The molecule has 0 aliphatic carbocycles. The summed E-state index contributed by atoms with van der Waals surface area (Å²) in [6.45, 7) is 3.09. The van der Waals surface area contributed by atoms with Crippen LogP contribution in [0, 0.1) is 0 Å². The van der Waals surface area contributed by atoms with E-state index in [0.29, 0.717) is 5.92 Å². The molecule has 0 fully saturated rings. The molecule has 16 heavy (non-hydrogen) atoms. The van der Waals surface area contributed by atoms with Gasteiger partial charge in [0.2, 0.25) is 0 Å². The van der Waals surface area contributed by atoms with Crippen molar-refractivity contribution in [3.63, 3.8) is 0 Å². The Bertz CT molecular complexity index is 440. The van der Waals surface area contributed by atoms with E-state index in [4.69, 9.17) is 11.6 Å². The van der Waals surface area contributed by atoms with Crippen molar-refractivity contribution in [3.05, 3.63) is 40.4 Å². The molecule has 2 N–H and O–H groups in total. The zero-order valence-electron chi connectivity index (χ0n) is 9.09. The van der Waals surface area contributed by atoms with Gasteiger partial charge in [-0.1, -0.05) is 35.4 Å². The summed E-state index contributed by atoms with van der Waals surface area (Å²) in [5.41, 5.74) is 4.04. The van der Waals surface area contributed by atoms with Crippen molar-refractivity contribution in [2.75, 3.05) is 25.0 Å². The minimum absolute atomic E-state index is 0.524. The van der Waals surface area contributed by atoms with Crippen LogP contribution in [-0.4, -0.2) is 19.6 Å². The molecule has 1 aromatic carbocycles. The molecule has 0 amide bonds. The predicted molar refractivity (Wildman–Crippen MR) is 68.3 cm³/mol. The van der Waals surface area contributed by atoms with Crippen LogP contribution in [0.4, 0.5) is 5.69 Å². The van der Waals surface area contributed by atoms with Crippen LogP contribution in [0.3, 0.4) is 0 Å². The Labute approximate surface area is 101 Å². The Balaban J connectivity index is 1.96. The molecule has 3 heteroatoms. The molecule has 0 radical (unpaired) electrons. The maximum Gasteiger partial charge on any atom is 0.0640 e. The second-order valence-electron chi connectivity index (χ2n) is 4.37. The number of hydrogen-bond acceptors (Lipinski definition) is 2. The summed E-state index contributed by atoms with van der Waals surface area (Å²) in [4.78, 5) is 0. The van der Waals surface area contributed by atoms with Gasteiger partial charge in [0.25, 0.3) is 0 Å². The number of anilines is 1. The van der Waals surface area contributed by atoms with E-state index >= 15 is 0 Å². The Morgan fingerprint density at radius 3 is 3.06 bits per heavy atom.